The van der Waals surface area contributed by atoms with Gasteiger partial charge in [0, 0.05) is 6.04 Å². The first-order chi connectivity index (χ1) is 13.2. The fourth-order valence-electron chi connectivity index (χ4n) is 3.36. The van der Waals surface area contributed by atoms with Gasteiger partial charge in [-0.2, -0.15) is 0 Å². The molecule has 1 fully saturated rings. The molecule has 5 nitrogen and oxygen atoms in total. The van der Waals surface area contributed by atoms with E-state index >= 15 is 0 Å². The number of alkyl carbamates (subject to hydrolysis) is 1. The first-order valence-electron chi connectivity index (χ1n) is 9.55. The average Bonchev–Trinajstić information content (AvgIpc) is 2.72. The molecule has 2 aromatic rings. The Hall–Kier alpha value is -2.82. The molecule has 1 unspecified atom stereocenters. The zero-order valence-electron chi connectivity index (χ0n) is 15.4. The van der Waals surface area contributed by atoms with E-state index in [4.69, 9.17) is 4.74 Å². The standard InChI is InChI=1S/C22H26N2O3/c25-21(23-19-14-8-3-9-15-19)20(18-12-6-2-7-13-18)24-22(26)27-16-17-10-4-1-5-11-17/h1-2,4-7,10-13,19-20H,3,8-9,14-16H2,(H,23,25)(H,24,26). The van der Waals surface area contributed by atoms with Crippen LogP contribution < -0.4 is 10.6 Å². The molecule has 0 aromatic heterocycles. The van der Waals surface area contributed by atoms with Gasteiger partial charge < -0.3 is 15.4 Å². The number of nitrogens with one attached hydrogen (secondary N) is 2. The zero-order chi connectivity index (χ0) is 18.9. The summed E-state index contributed by atoms with van der Waals surface area (Å²) < 4.78 is 5.29. The maximum Gasteiger partial charge on any atom is 0.408 e. The highest BCUT2D eigenvalue weighted by Crippen LogP contribution is 2.19. The van der Waals surface area contributed by atoms with Crippen LogP contribution in [0.5, 0.6) is 0 Å². The lowest BCUT2D eigenvalue weighted by Gasteiger charge is -2.26. The Morgan fingerprint density at radius 3 is 2.22 bits per heavy atom. The molecule has 5 heteroatoms. The SMILES string of the molecule is O=C(NC(C(=O)NC1CCCCC1)c1ccccc1)OCc1ccccc1. The largest absolute Gasteiger partial charge is 0.445 e. The fourth-order valence-corrected chi connectivity index (χ4v) is 3.36. The molecule has 1 aliphatic carbocycles. The lowest BCUT2D eigenvalue weighted by molar-refractivity contribution is -0.124. The molecule has 3 rings (SSSR count). The highest BCUT2D eigenvalue weighted by atomic mass is 16.5. The summed E-state index contributed by atoms with van der Waals surface area (Å²) in [6.45, 7) is 0.165. The third kappa shape index (κ3) is 5.84. The van der Waals surface area contributed by atoms with Crippen LogP contribution in [0.3, 0.4) is 0 Å². The molecule has 0 heterocycles. The van der Waals surface area contributed by atoms with Crippen LogP contribution in [0, 0.1) is 0 Å². The number of hydrogen-bond acceptors (Lipinski definition) is 3. The fraction of sp³-hybridized carbons (Fsp3) is 0.364. The lowest BCUT2D eigenvalue weighted by atomic mass is 9.95. The van der Waals surface area contributed by atoms with Crippen LogP contribution in [0.25, 0.3) is 0 Å². The molecule has 142 valence electrons. The van der Waals surface area contributed by atoms with Gasteiger partial charge in [0.1, 0.15) is 12.6 Å². The van der Waals surface area contributed by atoms with Crippen LogP contribution in [-0.4, -0.2) is 18.0 Å². The highest BCUT2D eigenvalue weighted by Gasteiger charge is 2.26. The van der Waals surface area contributed by atoms with E-state index in [1.165, 1.54) is 6.42 Å². The Balaban J connectivity index is 1.62. The van der Waals surface area contributed by atoms with Crippen molar-refractivity contribution >= 4 is 12.0 Å². The van der Waals surface area contributed by atoms with Gasteiger partial charge in [-0.15, -0.1) is 0 Å². The van der Waals surface area contributed by atoms with E-state index in [2.05, 4.69) is 10.6 Å². The molecule has 0 bridgehead atoms. The summed E-state index contributed by atoms with van der Waals surface area (Å²) in [5, 5.41) is 5.81. The normalized spacial score (nSPS) is 15.6. The summed E-state index contributed by atoms with van der Waals surface area (Å²) in [6, 6.07) is 18.1. The smallest absolute Gasteiger partial charge is 0.408 e. The van der Waals surface area contributed by atoms with E-state index in [-0.39, 0.29) is 18.6 Å². The number of carbonyl (C=O) groups is 2. The van der Waals surface area contributed by atoms with Crippen molar-refractivity contribution < 1.29 is 14.3 Å². The molecule has 1 aliphatic rings. The van der Waals surface area contributed by atoms with Crippen molar-refractivity contribution in [3.05, 3.63) is 71.8 Å². The third-order valence-corrected chi connectivity index (χ3v) is 4.82. The molecule has 0 spiro atoms. The number of amides is 2. The van der Waals surface area contributed by atoms with Crippen molar-refractivity contribution in [3.63, 3.8) is 0 Å². The van der Waals surface area contributed by atoms with E-state index in [0.29, 0.717) is 0 Å². The molecule has 1 saturated carbocycles. The van der Waals surface area contributed by atoms with E-state index < -0.39 is 12.1 Å². The van der Waals surface area contributed by atoms with Crippen LogP contribution in [0.2, 0.25) is 0 Å². The molecule has 1 atom stereocenters. The minimum atomic E-state index is -0.767. The van der Waals surface area contributed by atoms with Crippen molar-refractivity contribution in [1.82, 2.24) is 10.6 Å². The maximum atomic E-state index is 12.8. The maximum absolute atomic E-state index is 12.8. The molecule has 2 N–H and O–H groups in total. The molecular formula is C22H26N2O3. The van der Waals surface area contributed by atoms with E-state index in [0.717, 1.165) is 36.8 Å². The number of ether oxygens (including phenoxy) is 1. The molecule has 2 amide bonds. The molecule has 0 aliphatic heterocycles. The summed E-state index contributed by atoms with van der Waals surface area (Å²) in [5.74, 6) is -0.190. The number of hydrogen-bond donors (Lipinski definition) is 2. The van der Waals surface area contributed by atoms with Gasteiger partial charge in [-0.3, -0.25) is 4.79 Å². The first kappa shape index (κ1) is 19.0. The second kappa shape index (κ2) is 9.76. The topological polar surface area (TPSA) is 67.4 Å². The quantitative estimate of drug-likeness (QED) is 0.809. The van der Waals surface area contributed by atoms with Crippen molar-refractivity contribution in [1.29, 1.82) is 0 Å². The van der Waals surface area contributed by atoms with Gasteiger partial charge in [0.25, 0.3) is 0 Å². The predicted octanol–water partition coefficient (Wildman–Crippen LogP) is 4.10. The molecule has 27 heavy (non-hydrogen) atoms. The first-order valence-corrected chi connectivity index (χ1v) is 9.55. The number of carbonyl (C=O) groups excluding carboxylic acids is 2. The van der Waals surface area contributed by atoms with Crippen LogP contribution >= 0.6 is 0 Å². The lowest BCUT2D eigenvalue weighted by Crippen LogP contribution is -2.45. The summed E-state index contributed by atoms with van der Waals surface area (Å²) in [4.78, 5) is 25.1. The summed E-state index contributed by atoms with van der Waals surface area (Å²) in [7, 11) is 0. The Bertz CT molecular complexity index is 728. The second-order valence-electron chi connectivity index (χ2n) is 6.89. The van der Waals surface area contributed by atoms with E-state index in [1.807, 2.05) is 60.7 Å². The zero-order valence-corrected chi connectivity index (χ0v) is 15.4. The third-order valence-electron chi connectivity index (χ3n) is 4.82. The van der Waals surface area contributed by atoms with Crippen LogP contribution in [0.4, 0.5) is 4.79 Å². The van der Waals surface area contributed by atoms with Gasteiger partial charge in [0.05, 0.1) is 0 Å². The van der Waals surface area contributed by atoms with Crippen LogP contribution in [0.15, 0.2) is 60.7 Å². The summed E-state index contributed by atoms with van der Waals surface area (Å²) in [6.07, 6.45) is 4.86. The predicted molar refractivity (Wildman–Crippen MR) is 104 cm³/mol. The van der Waals surface area contributed by atoms with Crippen molar-refractivity contribution in [2.24, 2.45) is 0 Å². The Labute approximate surface area is 160 Å². The van der Waals surface area contributed by atoms with Gasteiger partial charge in [0.2, 0.25) is 5.91 Å². The van der Waals surface area contributed by atoms with Crippen molar-refractivity contribution in [2.45, 2.75) is 50.8 Å². The monoisotopic (exact) mass is 366 g/mol. The average molecular weight is 366 g/mol. The van der Waals surface area contributed by atoms with Gasteiger partial charge >= 0.3 is 6.09 Å². The van der Waals surface area contributed by atoms with Crippen LogP contribution in [0.1, 0.15) is 49.3 Å². The second-order valence-corrected chi connectivity index (χ2v) is 6.89. The molecule has 0 radical (unpaired) electrons. The summed E-state index contributed by atoms with van der Waals surface area (Å²) >= 11 is 0. The minimum Gasteiger partial charge on any atom is -0.445 e. The molecule has 2 aromatic carbocycles. The summed E-state index contributed by atoms with van der Waals surface area (Å²) in [5.41, 5.74) is 1.64. The van der Waals surface area contributed by atoms with E-state index in [1.54, 1.807) is 0 Å². The van der Waals surface area contributed by atoms with Gasteiger partial charge in [-0.25, -0.2) is 4.79 Å². The Morgan fingerprint density at radius 1 is 0.926 bits per heavy atom. The van der Waals surface area contributed by atoms with Crippen molar-refractivity contribution in [3.8, 4) is 0 Å². The van der Waals surface area contributed by atoms with E-state index in [9.17, 15) is 9.59 Å². The minimum absolute atomic E-state index is 0.165. The van der Waals surface area contributed by atoms with Gasteiger partial charge in [0.15, 0.2) is 0 Å². The Morgan fingerprint density at radius 2 is 1.56 bits per heavy atom. The van der Waals surface area contributed by atoms with Gasteiger partial charge in [-0.05, 0) is 24.0 Å². The Kier molecular flexibility index (Phi) is 6.85. The van der Waals surface area contributed by atoms with Gasteiger partial charge in [-0.1, -0.05) is 79.9 Å². The number of benzene rings is 2. The van der Waals surface area contributed by atoms with Crippen LogP contribution in [-0.2, 0) is 16.1 Å². The number of rotatable bonds is 6. The van der Waals surface area contributed by atoms with Crippen molar-refractivity contribution in [2.75, 3.05) is 0 Å². The highest BCUT2D eigenvalue weighted by molar-refractivity contribution is 5.87. The molecular weight excluding hydrogens is 340 g/mol. The molecule has 0 saturated heterocycles.